The number of ether oxygens (including phenoxy) is 1. The third-order valence-corrected chi connectivity index (χ3v) is 8.13. The number of nitrogens with one attached hydrogen (secondary N) is 6. The van der Waals surface area contributed by atoms with Crippen LogP contribution in [0.5, 0.6) is 0 Å². The molecule has 4 atom stereocenters. The second kappa shape index (κ2) is 18.1. The van der Waals surface area contributed by atoms with Gasteiger partial charge < -0.3 is 39.7 Å². The van der Waals surface area contributed by atoms with E-state index in [0.29, 0.717) is 8.95 Å². The van der Waals surface area contributed by atoms with Gasteiger partial charge in [0, 0.05) is 25.6 Å². The molecule has 0 radical (unpaired) electrons. The van der Waals surface area contributed by atoms with Crippen molar-refractivity contribution >= 4 is 69.7 Å². The van der Waals surface area contributed by atoms with Crippen LogP contribution in [0.15, 0.2) is 74.8 Å². The molecule has 5 rings (SSSR count). The van der Waals surface area contributed by atoms with Crippen molar-refractivity contribution in [2.75, 3.05) is 6.61 Å². The lowest BCUT2D eigenvalue weighted by Gasteiger charge is -2.17. The molecular formula is C23H22Br4N8O14. The molecule has 10 N–H and O–H groups in total. The minimum absolute atomic E-state index is 0.0832. The van der Waals surface area contributed by atoms with Crippen LogP contribution in [0, 0.1) is 0 Å². The number of hydrogen-bond donors (Lipinski definition) is 10. The molecule has 0 aliphatic carbocycles. The van der Waals surface area contributed by atoms with E-state index < -0.39 is 87.8 Å². The van der Waals surface area contributed by atoms with Gasteiger partial charge in [-0.1, -0.05) is 0 Å². The predicted molar refractivity (Wildman–Crippen MR) is 180 cm³/mol. The summed E-state index contributed by atoms with van der Waals surface area (Å²) in [5.74, 6) is -1.37. The van der Waals surface area contributed by atoms with Gasteiger partial charge in [-0.2, -0.15) is 0 Å². The van der Waals surface area contributed by atoms with E-state index in [0.717, 1.165) is 10.8 Å². The summed E-state index contributed by atoms with van der Waals surface area (Å²) < 4.78 is 7.95. The van der Waals surface area contributed by atoms with Crippen LogP contribution in [0.1, 0.15) is 16.7 Å². The Morgan fingerprint density at radius 3 is 1.78 bits per heavy atom. The minimum atomic E-state index is -1.38. The lowest BCUT2D eigenvalue weighted by Crippen LogP contribution is -2.38. The Morgan fingerprint density at radius 2 is 1.29 bits per heavy atom. The summed E-state index contributed by atoms with van der Waals surface area (Å²) in [5.41, 5.74) is -5.18. The fourth-order valence-corrected chi connectivity index (χ4v) is 4.61. The van der Waals surface area contributed by atoms with E-state index in [1.165, 1.54) is 17.0 Å². The topological polar surface area (TPSA) is 348 Å². The highest BCUT2D eigenvalue weighted by Crippen LogP contribution is 2.28. The van der Waals surface area contributed by atoms with E-state index >= 15 is 0 Å². The first kappa shape index (κ1) is 41.1. The van der Waals surface area contributed by atoms with E-state index in [2.05, 4.69) is 73.7 Å². The first-order valence-electron chi connectivity index (χ1n) is 12.6. The van der Waals surface area contributed by atoms with E-state index in [4.69, 9.17) is 14.9 Å². The molecule has 4 aromatic rings. The molecule has 0 aromatic carbocycles. The third kappa shape index (κ3) is 11.2. The molecule has 5 heterocycles. The van der Waals surface area contributed by atoms with Gasteiger partial charge in [-0.3, -0.25) is 43.7 Å². The van der Waals surface area contributed by atoms with Crippen LogP contribution in [0.25, 0.3) is 0 Å². The standard InChI is InChI=1S/C9H11BrN2O6.C5H3BrN2O4.C5H5BrN2O2.C4H3BrN2O2/c10-3-1-12(9(17)11-7(3)16)8-6(15)5(14)4(2-13)18-8;6-1-2(4(10)11)7-5(12)8-3(1)9;1-8-2-3(6)4(9)7-5(8)10;5-2-1-6-4(9)7-3(2)8/h1,4-6,8,13-15H,2H2,(H,11,16,17);(H,10,11)(H2,7,8,9,12);2H,1H3,(H,7,9,10);1H,(H2,6,7,8,9)/t4-,5-,6-,8-;;;/m1.../s1. The number of aliphatic hydroxyl groups excluding tert-OH is 3. The number of hydrogen-bond acceptors (Lipinski definition) is 13. The Hall–Kier alpha value is -4.05. The average Bonchev–Trinajstić information content (AvgIpc) is 3.31. The Kier molecular flexibility index (Phi) is 15.2. The van der Waals surface area contributed by atoms with Gasteiger partial charge in [-0.05, 0) is 63.7 Å². The van der Waals surface area contributed by atoms with Gasteiger partial charge in [0.25, 0.3) is 22.2 Å². The second-order valence-corrected chi connectivity index (χ2v) is 12.4. The van der Waals surface area contributed by atoms with Crippen LogP contribution >= 0.6 is 63.7 Å². The van der Waals surface area contributed by atoms with E-state index in [-0.39, 0.29) is 8.95 Å². The number of carbonyl (C=O) groups is 1. The first-order chi connectivity index (χ1) is 22.8. The molecule has 26 heteroatoms. The molecule has 1 fully saturated rings. The highest BCUT2D eigenvalue weighted by atomic mass is 79.9. The Bertz CT molecular complexity index is 2250. The van der Waals surface area contributed by atoms with Crippen LogP contribution in [-0.4, -0.2) is 90.4 Å². The monoisotopic (exact) mass is 950 g/mol. The normalized spacial score (nSPS) is 17.8. The van der Waals surface area contributed by atoms with E-state index in [1.54, 1.807) is 7.05 Å². The summed E-state index contributed by atoms with van der Waals surface area (Å²) in [5, 5.41) is 36.7. The Balaban J connectivity index is 0.000000236. The van der Waals surface area contributed by atoms with Crippen LogP contribution in [0.2, 0.25) is 0 Å². The van der Waals surface area contributed by atoms with Crippen molar-refractivity contribution in [2.24, 2.45) is 7.05 Å². The van der Waals surface area contributed by atoms with Crippen LogP contribution in [-0.2, 0) is 11.8 Å². The molecule has 1 saturated heterocycles. The van der Waals surface area contributed by atoms with E-state index in [9.17, 15) is 53.4 Å². The highest BCUT2D eigenvalue weighted by Gasteiger charge is 2.43. The van der Waals surface area contributed by atoms with Gasteiger partial charge >= 0.3 is 28.7 Å². The maximum atomic E-state index is 11.6. The van der Waals surface area contributed by atoms with Crippen molar-refractivity contribution in [3.63, 3.8) is 0 Å². The molecule has 0 bridgehead atoms. The fourth-order valence-electron chi connectivity index (χ4n) is 3.30. The molecule has 4 aromatic heterocycles. The van der Waals surface area contributed by atoms with Gasteiger partial charge in [0.1, 0.15) is 28.5 Å². The molecule has 22 nitrogen and oxygen atoms in total. The maximum Gasteiger partial charge on any atom is 0.353 e. The molecule has 266 valence electrons. The lowest BCUT2D eigenvalue weighted by atomic mass is 10.1. The number of H-pyrrole nitrogens is 6. The molecule has 0 saturated carbocycles. The summed E-state index contributed by atoms with van der Waals surface area (Å²) in [6.45, 7) is -0.492. The third-order valence-electron chi connectivity index (χ3n) is 5.65. The second-order valence-electron chi connectivity index (χ2n) is 9.04. The summed E-state index contributed by atoms with van der Waals surface area (Å²) in [7, 11) is 1.56. The number of aromatic nitrogens is 8. The zero-order valence-electron chi connectivity index (χ0n) is 24.0. The van der Waals surface area contributed by atoms with E-state index in [1.807, 2.05) is 19.9 Å². The molecular weight excluding hydrogens is 932 g/mol. The predicted octanol–water partition coefficient (Wildman–Crippen LogP) is -2.90. The quantitative estimate of drug-likeness (QED) is 0.0986. The lowest BCUT2D eigenvalue weighted by molar-refractivity contribution is -0.0551. The molecule has 49 heavy (non-hydrogen) atoms. The summed E-state index contributed by atoms with van der Waals surface area (Å²) >= 11 is 11.6. The van der Waals surface area contributed by atoms with Crippen LogP contribution in [0.3, 0.4) is 0 Å². The molecule has 0 amide bonds. The van der Waals surface area contributed by atoms with Gasteiger partial charge in [0.05, 0.1) is 20.0 Å². The number of rotatable bonds is 3. The van der Waals surface area contributed by atoms with Gasteiger partial charge in [-0.15, -0.1) is 0 Å². The van der Waals surface area contributed by atoms with Crippen molar-refractivity contribution in [1.82, 2.24) is 39.0 Å². The molecule has 0 unspecified atom stereocenters. The summed E-state index contributed by atoms with van der Waals surface area (Å²) in [4.78, 5) is 109. The number of aromatic carboxylic acids is 1. The van der Waals surface area contributed by atoms with Crippen molar-refractivity contribution in [2.45, 2.75) is 24.5 Å². The SMILES string of the molecule is Cn1cc(Br)c(=O)[nH]c1=O.O=C(O)c1[nH]c(=O)[nH]c(=O)c1Br.O=c1[nH]c(=O)n([C@@H]2O[C@H](CO)[C@@H](O)[C@H]2O)cc1Br.O=c1[nH]cc(Br)c(=O)[nH]1. The van der Waals surface area contributed by atoms with Gasteiger partial charge in [0.15, 0.2) is 6.23 Å². The molecule has 1 aliphatic heterocycles. The van der Waals surface area contributed by atoms with Gasteiger partial charge in [-0.25, -0.2) is 24.0 Å². The van der Waals surface area contributed by atoms with Crippen LogP contribution in [0.4, 0.5) is 0 Å². The Labute approximate surface area is 301 Å². The fraction of sp³-hybridized carbons (Fsp3) is 0.261. The Morgan fingerprint density at radius 1 is 0.755 bits per heavy atom. The first-order valence-corrected chi connectivity index (χ1v) is 15.8. The van der Waals surface area contributed by atoms with Crippen LogP contribution < -0.4 is 45.0 Å². The zero-order valence-corrected chi connectivity index (χ0v) is 30.4. The molecule has 1 aliphatic rings. The summed E-state index contributed by atoms with van der Waals surface area (Å²) in [6.07, 6.45) is -0.972. The zero-order chi connectivity index (χ0) is 37.3. The largest absolute Gasteiger partial charge is 0.477 e. The van der Waals surface area contributed by atoms with Crippen molar-refractivity contribution in [3.05, 3.63) is 126 Å². The number of aryl methyl sites for hydroxylation is 1. The number of halogens is 4. The minimum Gasteiger partial charge on any atom is -0.477 e. The molecule has 0 spiro atoms. The number of carboxylic acids is 1. The number of aromatic amines is 6. The number of nitrogens with zero attached hydrogens (tertiary/aromatic N) is 2. The smallest absolute Gasteiger partial charge is 0.353 e. The number of aliphatic hydroxyl groups is 3. The number of carboxylic acid groups (broad SMARTS) is 1. The highest BCUT2D eigenvalue weighted by molar-refractivity contribution is 9.11. The maximum absolute atomic E-state index is 11.6. The average molecular weight is 954 g/mol. The van der Waals surface area contributed by atoms with Crippen molar-refractivity contribution in [1.29, 1.82) is 0 Å². The van der Waals surface area contributed by atoms with Crippen molar-refractivity contribution in [3.8, 4) is 0 Å². The van der Waals surface area contributed by atoms with Crippen molar-refractivity contribution < 1.29 is 30.0 Å². The summed E-state index contributed by atoms with van der Waals surface area (Å²) in [6, 6.07) is 0. The van der Waals surface area contributed by atoms with Gasteiger partial charge in [0.2, 0.25) is 0 Å².